The zero-order chi connectivity index (χ0) is 15.2. The molecule has 0 saturated carbocycles. The molecule has 1 atom stereocenters. The molecule has 1 heterocycles. The van der Waals surface area contributed by atoms with Crippen LogP contribution in [0.4, 0.5) is 0 Å². The number of rotatable bonds is 6. The van der Waals surface area contributed by atoms with E-state index < -0.39 is 6.10 Å². The first-order chi connectivity index (χ1) is 10.1. The predicted molar refractivity (Wildman–Crippen MR) is 86.0 cm³/mol. The molecule has 1 saturated heterocycles. The van der Waals surface area contributed by atoms with Crippen molar-refractivity contribution in [3.63, 3.8) is 0 Å². The van der Waals surface area contributed by atoms with Gasteiger partial charge in [0, 0.05) is 32.7 Å². The molecule has 1 aromatic carbocycles. The number of aliphatic hydroxyl groups is 1. The molecule has 21 heavy (non-hydrogen) atoms. The van der Waals surface area contributed by atoms with Crippen molar-refractivity contribution in [1.29, 1.82) is 0 Å². The Morgan fingerprint density at radius 2 is 1.95 bits per heavy atom. The highest BCUT2D eigenvalue weighted by Gasteiger charge is 2.16. The van der Waals surface area contributed by atoms with Gasteiger partial charge >= 0.3 is 0 Å². The monoisotopic (exact) mass is 292 g/mol. The predicted octanol–water partition coefficient (Wildman–Crippen LogP) is 2.03. The van der Waals surface area contributed by atoms with Gasteiger partial charge in [-0.3, -0.25) is 0 Å². The third kappa shape index (κ3) is 4.43. The summed E-state index contributed by atoms with van der Waals surface area (Å²) in [5.41, 5.74) is 3.24. The highest BCUT2D eigenvalue weighted by molar-refractivity contribution is 5.42. The van der Waals surface area contributed by atoms with Gasteiger partial charge in [0.05, 0.1) is 12.7 Å². The van der Waals surface area contributed by atoms with E-state index in [1.54, 1.807) is 0 Å². The first kappa shape index (κ1) is 16.3. The van der Waals surface area contributed by atoms with Crippen LogP contribution in [-0.2, 0) is 0 Å². The number of nitrogens with zero attached hydrogens (tertiary/aromatic N) is 1. The van der Waals surface area contributed by atoms with Gasteiger partial charge in [0.15, 0.2) is 0 Å². The Bertz CT molecular complexity index is 456. The van der Waals surface area contributed by atoms with Gasteiger partial charge in [-0.1, -0.05) is 0 Å². The van der Waals surface area contributed by atoms with Crippen LogP contribution in [0, 0.1) is 13.8 Å². The molecular formula is C17H28N2O2. The van der Waals surface area contributed by atoms with E-state index >= 15 is 0 Å². The Morgan fingerprint density at radius 1 is 1.24 bits per heavy atom. The standard InChI is InChI=1S/C17H28N2O2/c1-4-21-17-12-13(2)15(11-14(17)3)16(20)5-8-19-9-6-18-7-10-19/h11-12,16,18,20H,4-10H2,1-3H3. The average Bonchev–Trinajstić information content (AvgIpc) is 2.49. The van der Waals surface area contributed by atoms with Crippen molar-refractivity contribution < 1.29 is 9.84 Å². The molecule has 1 aliphatic rings. The summed E-state index contributed by atoms with van der Waals surface area (Å²) in [4.78, 5) is 2.41. The van der Waals surface area contributed by atoms with Crippen LogP contribution in [0.15, 0.2) is 12.1 Å². The number of benzene rings is 1. The van der Waals surface area contributed by atoms with E-state index in [0.717, 1.165) is 61.6 Å². The molecule has 118 valence electrons. The molecule has 1 aliphatic heterocycles. The fourth-order valence-electron chi connectivity index (χ4n) is 2.88. The molecule has 0 spiro atoms. The third-order valence-electron chi connectivity index (χ3n) is 4.15. The highest BCUT2D eigenvalue weighted by atomic mass is 16.5. The van der Waals surface area contributed by atoms with E-state index in [1.165, 1.54) is 0 Å². The molecule has 0 amide bonds. The van der Waals surface area contributed by atoms with Crippen LogP contribution < -0.4 is 10.1 Å². The van der Waals surface area contributed by atoms with Gasteiger partial charge in [0.2, 0.25) is 0 Å². The molecule has 1 aromatic rings. The number of nitrogens with one attached hydrogen (secondary N) is 1. The van der Waals surface area contributed by atoms with E-state index in [4.69, 9.17) is 4.74 Å². The molecule has 1 unspecified atom stereocenters. The molecular weight excluding hydrogens is 264 g/mol. The summed E-state index contributed by atoms with van der Waals surface area (Å²) in [6.45, 7) is 12.0. The number of hydrogen-bond donors (Lipinski definition) is 2. The normalized spacial score (nSPS) is 17.7. The highest BCUT2D eigenvalue weighted by Crippen LogP contribution is 2.28. The van der Waals surface area contributed by atoms with Crippen LogP contribution in [0.3, 0.4) is 0 Å². The second-order valence-corrected chi connectivity index (χ2v) is 5.80. The molecule has 0 bridgehead atoms. The van der Waals surface area contributed by atoms with Gasteiger partial charge in [0.25, 0.3) is 0 Å². The first-order valence-electron chi connectivity index (χ1n) is 7.97. The fourth-order valence-corrected chi connectivity index (χ4v) is 2.88. The smallest absolute Gasteiger partial charge is 0.122 e. The fraction of sp³-hybridized carbons (Fsp3) is 0.647. The van der Waals surface area contributed by atoms with E-state index in [2.05, 4.69) is 16.3 Å². The largest absolute Gasteiger partial charge is 0.494 e. The Labute approximate surface area is 128 Å². The third-order valence-corrected chi connectivity index (χ3v) is 4.15. The first-order valence-corrected chi connectivity index (χ1v) is 7.97. The van der Waals surface area contributed by atoms with Gasteiger partial charge in [-0.25, -0.2) is 0 Å². The van der Waals surface area contributed by atoms with Crippen molar-refractivity contribution in [3.8, 4) is 5.75 Å². The number of aryl methyl sites for hydroxylation is 2. The van der Waals surface area contributed by atoms with E-state index in [9.17, 15) is 5.11 Å². The Balaban J connectivity index is 1.97. The summed E-state index contributed by atoms with van der Waals surface area (Å²) in [6, 6.07) is 4.12. The van der Waals surface area contributed by atoms with Crippen molar-refractivity contribution in [2.45, 2.75) is 33.3 Å². The van der Waals surface area contributed by atoms with Crippen LogP contribution >= 0.6 is 0 Å². The lowest BCUT2D eigenvalue weighted by Crippen LogP contribution is -2.44. The Kier molecular flexibility index (Phi) is 6.03. The summed E-state index contributed by atoms with van der Waals surface area (Å²) in [5.74, 6) is 0.924. The number of hydrogen-bond acceptors (Lipinski definition) is 4. The number of piperazine rings is 1. The van der Waals surface area contributed by atoms with Gasteiger partial charge in [-0.15, -0.1) is 0 Å². The van der Waals surface area contributed by atoms with Crippen LogP contribution in [0.25, 0.3) is 0 Å². The van der Waals surface area contributed by atoms with Gasteiger partial charge in [-0.05, 0) is 56.0 Å². The second kappa shape index (κ2) is 7.78. The molecule has 0 aliphatic carbocycles. The number of aliphatic hydroxyl groups excluding tert-OH is 1. The van der Waals surface area contributed by atoms with Crippen molar-refractivity contribution in [2.75, 3.05) is 39.3 Å². The molecule has 0 aromatic heterocycles. The minimum Gasteiger partial charge on any atom is -0.494 e. The zero-order valence-electron chi connectivity index (χ0n) is 13.5. The van der Waals surface area contributed by atoms with Crippen LogP contribution in [-0.4, -0.2) is 49.3 Å². The summed E-state index contributed by atoms with van der Waals surface area (Å²) in [7, 11) is 0. The minimum atomic E-state index is -0.394. The molecule has 2 rings (SSSR count). The maximum atomic E-state index is 10.5. The molecule has 4 heteroatoms. The lowest BCUT2D eigenvalue weighted by molar-refractivity contribution is 0.136. The summed E-state index contributed by atoms with van der Waals surface area (Å²) in [6.07, 6.45) is 0.392. The summed E-state index contributed by atoms with van der Waals surface area (Å²) >= 11 is 0. The molecule has 4 nitrogen and oxygen atoms in total. The lowest BCUT2D eigenvalue weighted by atomic mass is 9.98. The maximum absolute atomic E-state index is 10.5. The van der Waals surface area contributed by atoms with E-state index in [1.807, 2.05) is 26.8 Å². The Morgan fingerprint density at radius 3 is 2.62 bits per heavy atom. The quantitative estimate of drug-likeness (QED) is 0.842. The zero-order valence-corrected chi connectivity index (χ0v) is 13.5. The van der Waals surface area contributed by atoms with Gasteiger partial charge < -0.3 is 20.1 Å². The average molecular weight is 292 g/mol. The topological polar surface area (TPSA) is 44.7 Å². The Hall–Kier alpha value is -1.10. The van der Waals surface area contributed by atoms with E-state index in [-0.39, 0.29) is 0 Å². The van der Waals surface area contributed by atoms with Crippen molar-refractivity contribution in [1.82, 2.24) is 10.2 Å². The van der Waals surface area contributed by atoms with E-state index in [0.29, 0.717) is 6.61 Å². The second-order valence-electron chi connectivity index (χ2n) is 5.80. The summed E-state index contributed by atoms with van der Waals surface area (Å²) in [5, 5.41) is 13.8. The molecule has 0 radical (unpaired) electrons. The molecule has 1 fully saturated rings. The minimum absolute atomic E-state index is 0.394. The van der Waals surface area contributed by atoms with Gasteiger partial charge in [-0.2, -0.15) is 0 Å². The van der Waals surface area contributed by atoms with Crippen LogP contribution in [0.1, 0.15) is 36.1 Å². The van der Waals surface area contributed by atoms with Crippen molar-refractivity contribution >= 4 is 0 Å². The van der Waals surface area contributed by atoms with Crippen molar-refractivity contribution in [3.05, 3.63) is 28.8 Å². The van der Waals surface area contributed by atoms with Gasteiger partial charge in [0.1, 0.15) is 5.75 Å². The number of ether oxygens (including phenoxy) is 1. The maximum Gasteiger partial charge on any atom is 0.122 e. The lowest BCUT2D eigenvalue weighted by Gasteiger charge is -2.28. The van der Waals surface area contributed by atoms with Crippen molar-refractivity contribution in [2.24, 2.45) is 0 Å². The summed E-state index contributed by atoms with van der Waals surface area (Å²) < 4.78 is 5.61. The SMILES string of the molecule is CCOc1cc(C)c(C(O)CCN2CCNCC2)cc1C. The van der Waals surface area contributed by atoms with Crippen LogP contribution in [0.5, 0.6) is 5.75 Å². The molecule has 2 N–H and O–H groups in total. The van der Waals surface area contributed by atoms with Crippen LogP contribution in [0.2, 0.25) is 0 Å².